The maximum absolute atomic E-state index is 12.9. The zero-order chi connectivity index (χ0) is 20.6. The van der Waals surface area contributed by atoms with Crippen molar-refractivity contribution in [1.82, 2.24) is 15.1 Å². The number of piperidine rings is 1. The summed E-state index contributed by atoms with van der Waals surface area (Å²) in [5.74, 6) is 0.545. The Labute approximate surface area is 178 Å². The van der Waals surface area contributed by atoms with Crippen LogP contribution in [0.15, 0.2) is 40.8 Å². The summed E-state index contributed by atoms with van der Waals surface area (Å²) in [6.45, 7) is 9.00. The molecule has 2 heterocycles. The Balaban J connectivity index is 1.51. The molecule has 158 valence electrons. The van der Waals surface area contributed by atoms with Crippen molar-refractivity contribution in [2.75, 3.05) is 38.5 Å². The van der Waals surface area contributed by atoms with Gasteiger partial charge in [-0.05, 0) is 51.7 Å². The van der Waals surface area contributed by atoms with E-state index < -0.39 is 0 Å². The minimum Gasteiger partial charge on any atom is -0.349 e. The summed E-state index contributed by atoms with van der Waals surface area (Å²) in [6, 6.07) is 7.85. The maximum Gasteiger partial charge on any atom is 0.252 e. The molecule has 0 radical (unpaired) electrons. The Kier molecular flexibility index (Phi) is 8.19. The van der Waals surface area contributed by atoms with Crippen LogP contribution in [0, 0.1) is 0 Å². The van der Waals surface area contributed by atoms with E-state index in [1.807, 2.05) is 29.2 Å². The fourth-order valence-electron chi connectivity index (χ4n) is 3.81. The number of benzene rings is 1. The molecule has 3 rings (SSSR count). The third kappa shape index (κ3) is 6.61. The molecule has 1 aromatic rings. The molecule has 0 aliphatic carbocycles. The molecule has 1 N–H and O–H groups in total. The molecule has 2 amide bonds. The van der Waals surface area contributed by atoms with E-state index in [2.05, 4.69) is 30.1 Å². The Bertz CT molecular complexity index is 731. The maximum atomic E-state index is 12.9. The van der Waals surface area contributed by atoms with Crippen molar-refractivity contribution in [3.05, 3.63) is 41.5 Å². The van der Waals surface area contributed by atoms with Crippen LogP contribution in [0.1, 0.15) is 49.9 Å². The molecule has 2 aliphatic heterocycles. The van der Waals surface area contributed by atoms with Gasteiger partial charge in [0.25, 0.3) is 5.91 Å². The quantitative estimate of drug-likeness (QED) is 0.546. The van der Waals surface area contributed by atoms with Gasteiger partial charge in [-0.15, -0.1) is 11.8 Å². The van der Waals surface area contributed by atoms with Gasteiger partial charge in [-0.3, -0.25) is 14.5 Å². The molecule has 0 saturated carbocycles. The van der Waals surface area contributed by atoms with E-state index >= 15 is 0 Å². The van der Waals surface area contributed by atoms with Crippen LogP contribution < -0.4 is 5.32 Å². The molecule has 2 saturated heterocycles. The van der Waals surface area contributed by atoms with Crippen molar-refractivity contribution >= 4 is 23.6 Å². The number of hydrogen-bond donors (Lipinski definition) is 1. The van der Waals surface area contributed by atoms with Crippen LogP contribution in [0.25, 0.3) is 0 Å². The molecular weight excluding hydrogens is 382 g/mol. The molecule has 29 heavy (non-hydrogen) atoms. The van der Waals surface area contributed by atoms with Crippen LogP contribution in [-0.2, 0) is 4.79 Å². The lowest BCUT2D eigenvalue weighted by molar-refractivity contribution is -0.127. The number of carbonyl (C=O) groups excluding carboxylic acids is 2. The average Bonchev–Trinajstić information content (AvgIpc) is 3.26. The number of thioether (sulfide) groups is 1. The van der Waals surface area contributed by atoms with Gasteiger partial charge in [0, 0.05) is 43.7 Å². The predicted molar refractivity (Wildman–Crippen MR) is 119 cm³/mol. The molecule has 0 spiro atoms. The highest BCUT2D eigenvalue weighted by Gasteiger charge is 2.23. The van der Waals surface area contributed by atoms with E-state index in [-0.39, 0.29) is 17.9 Å². The zero-order valence-corrected chi connectivity index (χ0v) is 18.5. The number of amides is 2. The summed E-state index contributed by atoms with van der Waals surface area (Å²) in [5.41, 5.74) is 2.02. The summed E-state index contributed by atoms with van der Waals surface area (Å²) in [5, 5.41) is 3.21. The number of nitrogens with zero attached hydrogens (tertiary/aromatic N) is 2. The van der Waals surface area contributed by atoms with Crippen molar-refractivity contribution in [2.24, 2.45) is 0 Å². The van der Waals surface area contributed by atoms with E-state index in [1.54, 1.807) is 0 Å². The Morgan fingerprint density at radius 2 is 1.79 bits per heavy atom. The Hall–Kier alpha value is -1.79. The van der Waals surface area contributed by atoms with Crippen molar-refractivity contribution in [2.45, 2.75) is 50.5 Å². The highest BCUT2D eigenvalue weighted by Crippen LogP contribution is 2.24. The smallest absolute Gasteiger partial charge is 0.252 e. The average molecular weight is 416 g/mol. The lowest BCUT2D eigenvalue weighted by Crippen LogP contribution is -2.44. The monoisotopic (exact) mass is 415 g/mol. The summed E-state index contributed by atoms with van der Waals surface area (Å²) in [7, 11) is 0. The molecule has 2 fully saturated rings. The van der Waals surface area contributed by atoms with E-state index in [9.17, 15) is 9.59 Å². The fourth-order valence-corrected chi connectivity index (χ4v) is 4.76. The van der Waals surface area contributed by atoms with Crippen LogP contribution in [-0.4, -0.2) is 66.1 Å². The normalized spacial score (nSPS) is 17.9. The second kappa shape index (κ2) is 10.8. The summed E-state index contributed by atoms with van der Waals surface area (Å²) in [6.07, 6.45) is 6.41. The molecule has 0 aromatic heterocycles. The van der Waals surface area contributed by atoms with Gasteiger partial charge in [-0.1, -0.05) is 23.8 Å². The minimum absolute atomic E-state index is 0.0236. The lowest BCUT2D eigenvalue weighted by Gasteiger charge is -2.31. The van der Waals surface area contributed by atoms with E-state index in [4.69, 9.17) is 0 Å². The third-order valence-corrected chi connectivity index (χ3v) is 6.68. The third-order valence-electron chi connectivity index (χ3n) is 5.62. The minimum atomic E-state index is -0.0236. The molecule has 2 aliphatic rings. The number of likely N-dealkylation sites (tertiary alicyclic amines) is 2. The van der Waals surface area contributed by atoms with Crippen molar-refractivity contribution < 1.29 is 9.59 Å². The van der Waals surface area contributed by atoms with Gasteiger partial charge in [-0.25, -0.2) is 0 Å². The van der Waals surface area contributed by atoms with E-state index in [1.165, 1.54) is 17.3 Å². The Morgan fingerprint density at radius 1 is 1.10 bits per heavy atom. The zero-order valence-electron chi connectivity index (χ0n) is 17.7. The van der Waals surface area contributed by atoms with Crippen LogP contribution in [0.4, 0.5) is 0 Å². The van der Waals surface area contributed by atoms with Gasteiger partial charge >= 0.3 is 0 Å². The van der Waals surface area contributed by atoms with Gasteiger partial charge in [0.2, 0.25) is 5.91 Å². The molecule has 0 bridgehead atoms. The molecule has 5 nitrogen and oxygen atoms in total. The number of carbonyl (C=O) groups is 2. The first-order valence-corrected chi connectivity index (χ1v) is 11.7. The summed E-state index contributed by atoms with van der Waals surface area (Å²) < 4.78 is 0. The second-order valence-electron chi connectivity index (χ2n) is 8.20. The summed E-state index contributed by atoms with van der Waals surface area (Å²) >= 11 is 1.48. The van der Waals surface area contributed by atoms with Crippen molar-refractivity contribution in [3.8, 4) is 0 Å². The SMILES string of the molecule is CC(C)=CCN1CCC(NC(=O)c2ccccc2SCC(=O)N2CCCC2)CC1. The van der Waals surface area contributed by atoms with Gasteiger partial charge in [0.15, 0.2) is 0 Å². The Morgan fingerprint density at radius 3 is 2.48 bits per heavy atom. The van der Waals surface area contributed by atoms with Crippen LogP contribution in [0.2, 0.25) is 0 Å². The van der Waals surface area contributed by atoms with Gasteiger partial charge < -0.3 is 10.2 Å². The molecule has 0 atom stereocenters. The fraction of sp³-hybridized carbons (Fsp3) is 0.565. The van der Waals surface area contributed by atoms with E-state index in [0.717, 1.165) is 63.3 Å². The first kappa shape index (κ1) is 21.9. The van der Waals surface area contributed by atoms with Crippen LogP contribution in [0.5, 0.6) is 0 Å². The van der Waals surface area contributed by atoms with Crippen molar-refractivity contribution in [1.29, 1.82) is 0 Å². The molecule has 1 aromatic carbocycles. The first-order chi connectivity index (χ1) is 14.0. The standard InChI is InChI=1S/C23H33N3O2S/c1-18(2)9-14-25-15-10-19(11-16-25)24-23(28)20-7-3-4-8-21(20)29-17-22(27)26-12-5-6-13-26/h3-4,7-9,19H,5-6,10-17H2,1-2H3,(H,24,28). The molecular formula is C23H33N3O2S. The lowest BCUT2D eigenvalue weighted by atomic mass is 10.0. The first-order valence-electron chi connectivity index (χ1n) is 10.7. The number of rotatable bonds is 7. The van der Waals surface area contributed by atoms with Gasteiger partial charge in [0.1, 0.15) is 0 Å². The predicted octanol–water partition coefficient (Wildman–Crippen LogP) is 3.56. The number of hydrogen-bond acceptors (Lipinski definition) is 4. The van der Waals surface area contributed by atoms with Crippen LogP contribution >= 0.6 is 11.8 Å². The highest BCUT2D eigenvalue weighted by molar-refractivity contribution is 8.00. The topological polar surface area (TPSA) is 52.7 Å². The molecule has 0 unspecified atom stereocenters. The van der Waals surface area contributed by atoms with E-state index in [0.29, 0.717) is 11.3 Å². The highest BCUT2D eigenvalue weighted by atomic mass is 32.2. The molecule has 6 heteroatoms. The van der Waals surface area contributed by atoms with Gasteiger partial charge in [0.05, 0.1) is 11.3 Å². The van der Waals surface area contributed by atoms with Gasteiger partial charge in [-0.2, -0.15) is 0 Å². The van der Waals surface area contributed by atoms with Crippen LogP contribution in [0.3, 0.4) is 0 Å². The summed E-state index contributed by atoms with van der Waals surface area (Å²) in [4.78, 5) is 30.5. The number of allylic oxidation sites excluding steroid dienone is 1. The van der Waals surface area contributed by atoms with Crippen molar-refractivity contribution in [3.63, 3.8) is 0 Å². The second-order valence-corrected chi connectivity index (χ2v) is 9.22. The number of nitrogens with one attached hydrogen (secondary N) is 1. The largest absolute Gasteiger partial charge is 0.349 e.